The predicted octanol–water partition coefficient (Wildman–Crippen LogP) is 3.20. The van der Waals surface area contributed by atoms with Crippen LogP contribution in [0.5, 0.6) is 0 Å². The van der Waals surface area contributed by atoms with E-state index in [4.69, 9.17) is 4.42 Å². The molecular formula is C17H19F2N5O. The van der Waals surface area contributed by atoms with Gasteiger partial charge in [-0.05, 0) is 13.0 Å². The molecule has 2 heterocycles. The highest BCUT2D eigenvalue weighted by atomic mass is 19.3. The Balaban J connectivity index is 1.62. The van der Waals surface area contributed by atoms with Crippen LogP contribution >= 0.6 is 0 Å². The van der Waals surface area contributed by atoms with Crippen molar-refractivity contribution in [3.05, 3.63) is 53.8 Å². The molecule has 0 bridgehead atoms. The molecule has 0 aliphatic carbocycles. The molecule has 8 heteroatoms. The number of rotatable bonds is 5. The number of nitrogens with one attached hydrogen (secondary N) is 2. The maximum absolute atomic E-state index is 12.8. The average Bonchev–Trinajstić information content (AvgIpc) is 3.20. The van der Waals surface area contributed by atoms with Crippen LogP contribution in [0.25, 0.3) is 11.0 Å². The Bertz CT molecular complexity index is 884. The first-order valence-electron chi connectivity index (χ1n) is 7.81. The summed E-state index contributed by atoms with van der Waals surface area (Å²) < 4.78 is 32.3. The monoisotopic (exact) mass is 347 g/mol. The lowest BCUT2D eigenvalue weighted by Gasteiger charge is -2.12. The molecule has 0 saturated heterocycles. The van der Waals surface area contributed by atoms with Gasteiger partial charge in [0.25, 0.3) is 0 Å². The summed E-state index contributed by atoms with van der Waals surface area (Å²) in [6, 6.07) is 7.82. The quantitative estimate of drug-likeness (QED) is 0.549. The van der Waals surface area contributed by atoms with Gasteiger partial charge in [0.15, 0.2) is 5.96 Å². The molecule has 2 N–H and O–H groups in total. The third kappa shape index (κ3) is 3.62. The van der Waals surface area contributed by atoms with Gasteiger partial charge in [0, 0.05) is 30.4 Å². The molecule has 25 heavy (non-hydrogen) atoms. The van der Waals surface area contributed by atoms with Crippen molar-refractivity contribution in [1.82, 2.24) is 20.2 Å². The number of guanidine groups is 1. The Hall–Kier alpha value is -2.90. The van der Waals surface area contributed by atoms with Gasteiger partial charge in [-0.25, -0.2) is 4.98 Å². The van der Waals surface area contributed by atoms with Crippen LogP contribution in [0.4, 0.5) is 8.78 Å². The number of hydrogen-bond acceptors (Lipinski definition) is 3. The highest BCUT2D eigenvalue weighted by Gasteiger charge is 2.13. The minimum absolute atomic E-state index is 0.135. The van der Waals surface area contributed by atoms with Crippen LogP contribution in [0.15, 0.2) is 46.1 Å². The Labute approximate surface area is 143 Å². The Morgan fingerprint density at radius 3 is 2.76 bits per heavy atom. The lowest BCUT2D eigenvalue weighted by atomic mass is 10.1. The molecule has 0 aliphatic heterocycles. The number of aromatic nitrogens is 2. The smallest absolute Gasteiger partial charge is 0.319 e. The predicted molar refractivity (Wildman–Crippen MR) is 91.5 cm³/mol. The lowest BCUT2D eigenvalue weighted by molar-refractivity contribution is 0.0668. The third-order valence-corrected chi connectivity index (χ3v) is 3.96. The van der Waals surface area contributed by atoms with Crippen molar-refractivity contribution in [2.75, 3.05) is 7.05 Å². The molecule has 1 aromatic carbocycles. The Morgan fingerprint density at radius 2 is 2.04 bits per heavy atom. The zero-order chi connectivity index (χ0) is 17.8. The van der Waals surface area contributed by atoms with E-state index in [0.717, 1.165) is 26.9 Å². The van der Waals surface area contributed by atoms with Gasteiger partial charge >= 0.3 is 6.55 Å². The molecule has 132 valence electrons. The van der Waals surface area contributed by atoms with Crippen LogP contribution in [0.1, 0.15) is 23.7 Å². The fraction of sp³-hybridized carbons (Fsp3) is 0.294. The molecule has 3 aromatic rings. The number of para-hydroxylation sites is 1. The van der Waals surface area contributed by atoms with E-state index in [1.165, 1.54) is 12.4 Å². The highest BCUT2D eigenvalue weighted by Crippen LogP contribution is 2.24. The van der Waals surface area contributed by atoms with Gasteiger partial charge in [0.1, 0.15) is 17.2 Å². The number of aliphatic imine (C=N–C) groups is 1. The van der Waals surface area contributed by atoms with E-state index in [2.05, 4.69) is 20.6 Å². The number of nitrogens with zero attached hydrogens (tertiary/aromatic N) is 3. The second-order valence-electron chi connectivity index (χ2n) is 5.45. The van der Waals surface area contributed by atoms with Crippen molar-refractivity contribution in [3.63, 3.8) is 0 Å². The van der Waals surface area contributed by atoms with Crippen LogP contribution in [0, 0.1) is 6.92 Å². The normalized spacial score (nSPS) is 12.1. The van der Waals surface area contributed by atoms with Gasteiger partial charge in [-0.3, -0.25) is 9.56 Å². The van der Waals surface area contributed by atoms with Gasteiger partial charge < -0.3 is 15.1 Å². The van der Waals surface area contributed by atoms with Crippen molar-refractivity contribution < 1.29 is 13.2 Å². The first-order chi connectivity index (χ1) is 12.1. The molecule has 0 aliphatic rings. The maximum Gasteiger partial charge on any atom is 0.319 e. The van der Waals surface area contributed by atoms with Crippen LogP contribution in [0.3, 0.4) is 0 Å². The van der Waals surface area contributed by atoms with Crippen LogP contribution in [-0.4, -0.2) is 22.6 Å². The number of alkyl halides is 2. The SMILES string of the molecule is CN=C(NCc1oc2ccccc2c1C)NCc1nccn1C(F)F. The van der Waals surface area contributed by atoms with E-state index >= 15 is 0 Å². The lowest BCUT2D eigenvalue weighted by Crippen LogP contribution is -2.37. The van der Waals surface area contributed by atoms with Gasteiger partial charge in [0.05, 0.1) is 13.1 Å². The fourth-order valence-corrected chi connectivity index (χ4v) is 2.60. The number of benzene rings is 1. The van der Waals surface area contributed by atoms with E-state index in [1.807, 2.05) is 31.2 Å². The summed E-state index contributed by atoms with van der Waals surface area (Å²) in [5, 5.41) is 7.16. The summed E-state index contributed by atoms with van der Waals surface area (Å²) in [5.41, 5.74) is 1.89. The number of hydrogen-bond donors (Lipinski definition) is 2. The summed E-state index contributed by atoms with van der Waals surface area (Å²) in [7, 11) is 1.61. The molecule has 0 fully saturated rings. The second-order valence-corrected chi connectivity index (χ2v) is 5.45. The Kier molecular flexibility index (Phi) is 4.97. The summed E-state index contributed by atoms with van der Waals surface area (Å²) in [5.74, 6) is 1.51. The Morgan fingerprint density at radius 1 is 1.28 bits per heavy atom. The molecule has 0 spiro atoms. The highest BCUT2D eigenvalue weighted by molar-refractivity contribution is 5.82. The van der Waals surface area contributed by atoms with E-state index in [9.17, 15) is 8.78 Å². The zero-order valence-electron chi connectivity index (χ0n) is 14.0. The summed E-state index contributed by atoms with van der Waals surface area (Å²) in [4.78, 5) is 8.01. The standard InChI is InChI=1S/C17H19F2N5O/c1-11-12-5-3-4-6-13(12)25-14(11)9-22-17(20-2)23-10-15-21-7-8-24(15)16(18)19/h3-8,16H,9-10H2,1-2H3,(H2,20,22,23). The fourth-order valence-electron chi connectivity index (χ4n) is 2.60. The number of aryl methyl sites for hydroxylation is 1. The maximum atomic E-state index is 12.8. The number of furan rings is 1. The minimum Gasteiger partial charge on any atom is -0.459 e. The van der Waals surface area contributed by atoms with Crippen LogP contribution < -0.4 is 10.6 Å². The molecule has 2 aromatic heterocycles. The minimum atomic E-state index is -2.62. The summed E-state index contributed by atoms with van der Waals surface area (Å²) >= 11 is 0. The van der Waals surface area contributed by atoms with Crippen molar-refractivity contribution in [2.45, 2.75) is 26.6 Å². The van der Waals surface area contributed by atoms with E-state index in [-0.39, 0.29) is 12.4 Å². The third-order valence-electron chi connectivity index (χ3n) is 3.96. The van der Waals surface area contributed by atoms with Crippen LogP contribution in [0.2, 0.25) is 0 Å². The first kappa shape index (κ1) is 16.9. The largest absolute Gasteiger partial charge is 0.459 e. The number of imidazole rings is 1. The van der Waals surface area contributed by atoms with Gasteiger partial charge in [-0.15, -0.1) is 0 Å². The topological polar surface area (TPSA) is 67.4 Å². The molecule has 0 radical (unpaired) electrons. The molecular weight excluding hydrogens is 328 g/mol. The second kappa shape index (κ2) is 7.33. The average molecular weight is 347 g/mol. The van der Waals surface area contributed by atoms with Gasteiger partial charge in [-0.2, -0.15) is 8.78 Å². The van der Waals surface area contributed by atoms with Crippen LogP contribution in [-0.2, 0) is 13.1 Å². The van der Waals surface area contributed by atoms with E-state index < -0.39 is 6.55 Å². The molecule has 6 nitrogen and oxygen atoms in total. The summed E-state index contributed by atoms with van der Waals surface area (Å²) in [6.45, 7) is -0.0505. The van der Waals surface area contributed by atoms with Gasteiger partial charge in [0.2, 0.25) is 0 Å². The van der Waals surface area contributed by atoms with Crippen molar-refractivity contribution in [3.8, 4) is 0 Å². The van der Waals surface area contributed by atoms with Crippen molar-refractivity contribution in [1.29, 1.82) is 0 Å². The molecule has 0 saturated carbocycles. The van der Waals surface area contributed by atoms with Crippen molar-refractivity contribution in [2.24, 2.45) is 4.99 Å². The number of halogens is 2. The molecule has 0 amide bonds. The number of fused-ring (bicyclic) bond motifs is 1. The van der Waals surface area contributed by atoms with E-state index in [0.29, 0.717) is 12.5 Å². The molecule has 3 rings (SSSR count). The van der Waals surface area contributed by atoms with E-state index in [1.54, 1.807) is 7.05 Å². The molecule has 0 unspecified atom stereocenters. The summed E-state index contributed by atoms with van der Waals surface area (Å²) in [6.07, 6.45) is 2.59. The molecule has 0 atom stereocenters. The van der Waals surface area contributed by atoms with Gasteiger partial charge in [-0.1, -0.05) is 18.2 Å². The van der Waals surface area contributed by atoms with Crippen molar-refractivity contribution >= 4 is 16.9 Å². The zero-order valence-corrected chi connectivity index (χ0v) is 14.0. The first-order valence-corrected chi connectivity index (χ1v) is 7.81.